The van der Waals surface area contributed by atoms with E-state index >= 15 is 0 Å². The van der Waals surface area contributed by atoms with Gasteiger partial charge in [-0.1, -0.05) is 0 Å². The first-order chi connectivity index (χ1) is 14.2. The first-order valence-electron chi connectivity index (χ1n) is 8.45. The van der Waals surface area contributed by atoms with Crippen LogP contribution >= 0.6 is 0 Å². The number of nitrogens with one attached hydrogen (secondary N) is 1. The Morgan fingerprint density at radius 1 is 0.800 bits per heavy atom. The number of hydrogen-bond acceptors (Lipinski definition) is 3. The van der Waals surface area contributed by atoms with Gasteiger partial charge in [0.25, 0.3) is 10.0 Å². The van der Waals surface area contributed by atoms with Gasteiger partial charge in [-0.05, 0) is 60.7 Å². The number of sulfonamides is 1. The van der Waals surface area contributed by atoms with Crippen molar-refractivity contribution in [2.45, 2.75) is 4.90 Å². The van der Waals surface area contributed by atoms with Crippen molar-refractivity contribution in [3.05, 3.63) is 90.0 Å². The molecule has 0 aliphatic heterocycles. The average molecular weight is 438 g/mol. The maximum Gasteiger partial charge on any atom is 0.264 e. The van der Waals surface area contributed by atoms with Crippen LogP contribution in [0.4, 0.5) is 28.9 Å². The molecule has 0 bridgehead atoms. The predicted octanol–water partition coefficient (Wildman–Crippen LogP) is 4.08. The van der Waals surface area contributed by atoms with Crippen molar-refractivity contribution < 1.29 is 30.8 Å². The molecule has 5 nitrogen and oxygen atoms in total. The van der Waals surface area contributed by atoms with Crippen LogP contribution in [0.15, 0.2) is 71.6 Å². The highest BCUT2D eigenvalue weighted by Crippen LogP contribution is 2.24. The van der Waals surface area contributed by atoms with E-state index in [0.717, 1.165) is 66.7 Å². The van der Waals surface area contributed by atoms with Gasteiger partial charge in [0.2, 0.25) is 5.91 Å². The number of hydrogen-bond donors (Lipinski definition) is 1. The first-order valence-corrected chi connectivity index (χ1v) is 9.89. The van der Waals surface area contributed by atoms with Gasteiger partial charge in [-0.3, -0.25) is 9.10 Å². The van der Waals surface area contributed by atoms with Gasteiger partial charge in [-0.2, -0.15) is 0 Å². The fraction of sp³-hybridized carbons (Fsp3) is 0.0500. The molecule has 10 heteroatoms. The lowest BCUT2D eigenvalue weighted by Crippen LogP contribution is -2.38. The molecule has 0 fully saturated rings. The van der Waals surface area contributed by atoms with Crippen LogP contribution in [-0.4, -0.2) is 20.9 Å². The lowest BCUT2D eigenvalue weighted by Gasteiger charge is -2.24. The molecule has 0 heterocycles. The molecule has 1 amide bonds. The number of amides is 1. The summed E-state index contributed by atoms with van der Waals surface area (Å²) < 4.78 is 79.6. The summed E-state index contributed by atoms with van der Waals surface area (Å²) in [7, 11) is -4.34. The minimum Gasteiger partial charge on any atom is -0.324 e. The smallest absolute Gasteiger partial charge is 0.264 e. The van der Waals surface area contributed by atoms with Gasteiger partial charge in [-0.25, -0.2) is 26.0 Å². The minimum atomic E-state index is -4.34. The lowest BCUT2D eigenvalue weighted by molar-refractivity contribution is -0.114. The second kappa shape index (κ2) is 8.54. The molecule has 1 N–H and O–H groups in total. The monoisotopic (exact) mass is 438 g/mol. The van der Waals surface area contributed by atoms with Crippen molar-refractivity contribution in [1.82, 2.24) is 0 Å². The van der Waals surface area contributed by atoms with Crippen LogP contribution in [0.3, 0.4) is 0 Å². The number of anilines is 2. The van der Waals surface area contributed by atoms with E-state index in [9.17, 15) is 30.8 Å². The molecule has 0 saturated heterocycles. The van der Waals surface area contributed by atoms with Crippen LogP contribution in [-0.2, 0) is 14.8 Å². The second-order valence-corrected chi connectivity index (χ2v) is 7.98. The molecule has 0 unspecified atom stereocenters. The predicted molar refractivity (Wildman–Crippen MR) is 102 cm³/mol. The maximum absolute atomic E-state index is 13.3. The molecule has 0 saturated carbocycles. The Balaban J connectivity index is 1.93. The number of carbonyl (C=O) groups excluding carboxylic acids is 1. The Hall–Kier alpha value is -3.40. The largest absolute Gasteiger partial charge is 0.324 e. The first kappa shape index (κ1) is 21.3. The lowest BCUT2D eigenvalue weighted by atomic mass is 10.3. The number of rotatable bonds is 6. The van der Waals surface area contributed by atoms with E-state index in [1.807, 2.05) is 0 Å². The molecule has 3 rings (SSSR count). The third-order valence-electron chi connectivity index (χ3n) is 4.01. The molecule has 0 radical (unpaired) electrons. The van der Waals surface area contributed by atoms with Gasteiger partial charge in [0.1, 0.15) is 18.2 Å². The SMILES string of the molecule is O=C(CN(c1ccc(F)cc1)S(=O)(=O)c1ccc(F)cc1)Nc1ccc(F)c(F)c1. The van der Waals surface area contributed by atoms with E-state index in [4.69, 9.17) is 0 Å². The van der Waals surface area contributed by atoms with Crippen molar-refractivity contribution in [3.63, 3.8) is 0 Å². The zero-order valence-electron chi connectivity index (χ0n) is 15.2. The standard InChI is InChI=1S/C20H14F4N2O3S/c21-13-1-6-16(7-2-13)26(30(28,29)17-8-3-14(22)4-9-17)12-20(27)25-15-5-10-18(23)19(24)11-15/h1-11H,12H2,(H,25,27). The van der Waals surface area contributed by atoms with E-state index in [-0.39, 0.29) is 16.3 Å². The molecule has 0 aliphatic carbocycles. The summed E-state index contributed by atoms with van der Waals surface area (Å²) in [6.07, 6.45) is 0. The van der Waals surface area contributed by atoms with Crippen LogP contribution in [0.5, 0.6) is 0 Å². The second-order valence-electron chi connectivity index (χ2n) is 6.12. The molecule has 30 heavy (non-hydrogen) atoms. The fourth-order valence-corrected chi connectivity index (χ4v) is 3.98. The third kappa shape index (κ3) is 4.77. The summed E-state index contributed by atoms with van der Waals surface area (Å²) in [5.41, 5.74) is -0.113. The maximum atomic E-state index is 13.3. The molecule has 3 aromatic rings. The normalized spacial score (nSPS) is 11.2. The summed E-state index contributed by atoms with van der Waals surface area (Å²) in [6.45, 7) is -0.760. The molecule has 0 spiro atoms. The van der Waals surface area contributed by atoms with Crippen molar-refractivity contribution in [1.29, 1.82) is 0 Å². The fourth-order valence-electron chi connectivity index (χ4n) is 2.56. The van der Waals surface area contributed by atoms with E-state index in [1.54, 1.807) is 0 Å². The van der Waals surface area contributed by atoms with Crippen molar-refractivity contribution in [3.8, 4) is 0 Å². The van der Waals surface area contributed by atoms with Crippen molar-refractivity contribution >= 4 is 27.3 Å². The average Bonchev–Trinajstić information content (AvgIpc) is 2.70. The Bertz CT molecular complexity index is 1170. The summed E-state index contributed by atoms with van der Waals surface area (Å²) in [4.78, 5) is 12.1. The van der Waals surface area contributed by atoms with Gasteiger partial charge < -0.3 is 5.32 Å². The van der Waals surface area contributed by atoms with Gasteiger partial charge in [0, 0.05) is 11.8 Å². The summed E-state index contributed by atoms with van der Waals surface area (Å²) in [5, 5.41) is 2.27. The number of halogens is 4. The van der Waals surface area contributed by atoms with E-state index in [0.29, 0.717) is 4.31 Å². The zero-order chi connectivity index (χ0) is 21.9. The molecule has 0 aliphatic rings. The quantitative estimate of drug-likeness (QED) is 0.590. The van der Waals surface area contributed by atoms with Crippen molar-refractivity contribution in [2.24, 2.45) is 0 Å². The van der Waals surface area contributed by atoms with Gasteiger partial charge >= 0.3 is 0 Å². The van der Waals surface area contributed by atoms with E-state index in [2.05, 4.69) is 5.32 Å². The highest BCUT2D eigenvalue weighted by atomic mass is 32.2. The van der Waals surface area contributed by atoms with Gasteiger partial charge in [0.05, 0.1) is 10.6 Å². The Morgan fingerprint density at radius 3 is 1.93 bits per heavy atom. The van der Waals surface area contributed by atoms with Crippen LogP contribution in [0.25, 0.3) is 0 Å². The van der Waals surface area contributed by atoms with Gasteiger partial charge in [0.15, 0.2) is 11.6 Å². The highest BCUT2D eigenvalue weighted by molar-refractivity contribution is 7.92. The summed E-state index contributed by atoms with van der Waals surface area (Å²) in [6, 6.07) is 10.9. The number of nitrogens with zero attached hydrogens (tertiary/aromatic N) is 1. The Kier molecular flexibility index (Phi) is 6.06. The van der Waals surface area contributed by atoms with Crippen LogP contribution < -0.4 is 9.62 Å². The Labute approximate surface area is 169 Å². The number of benzene rings is 3. The van der Waals surface area contributed by atoms with Gasteiger partial charge in [-0.15, -0.1) is 0 Å². The topological polar surface area (TPSA) is 66.5 Å². The summed E-state index contributed by atoms with van der Waals surface area (Å²) >= 11 is 0. The highest BCUT2D eigenvalue weighted by Gasteiger charge is 2.27. The molecule has 3 aromatic carbocycles. The molecule has 0 atom stereocenters. The van der Waals surface area contributed by atoms with E-state index < -0.39 is 45.7 Å². The number of carbonyl (C=O) groups is 1. The Morgan fingerprint density at radius 2 is 1.37 bits per heavy atom. The van der Waals surface area contributed by atoms with Crippen LogP contribution in [0, 0.1) is 23.3 Å². The van der Waals surface area contributed by atoms with E-state index in [1.165, 1.54) is 0 Å². The molecule has 0 aromatic heterocycles. The van der Waals surface area contributed by atoms with Crippen LogP contribution in [0.2, 0.25) is 0 Å². The zero-order valence-corrected chi connectivity index (χ0v) is 16.0. The molecular formula is C20H14F4N2O3S. The van der Waals surface area contributed by atoms with Crippen molar-refractivity contribution in [2.75, 3.05) is 16.2 Å². The summed E-state index contributed by atoms with van der Waals surface area (Å²) in [5.74, 6) is -4.44. The van der Waals surface area contributed by atoms with Crippen LogP contribution in [0.1, 0.15) is 0 Å². The molecular weight excluding hydrogens is 424 g/mol. The third-order valence-corrected chi connectivity index (χ3v) is 5.79. The minimum absolute atomic E-state index is 0.0267. The molecule has 156 valence electrons.